The average molecular weight is 485 g/mol. The summed E-state index contributed by atoms with van der Waals surface area (Å²) in [5.74, 6) is 0.865. The maximum atomic E-state index is 13.1. The maximum Gasteiger partial charge on any atom is 0.262 e. The Morgan fingerprint density at radius 2 is 1.97 bits per heavy atom. The molecule has 3 rings (SSSR count). The third-order valence-electron chi connectivity index (χ3n) is 4.76. The van der Waals surface area contributed by atoms with Gasteiger partial charge in [0, 0.05) is 23.1 Å². The number of methoxy groups -OCH3 is 1. The zero-order valence-corrected chi connectivity index (χ0v) is 19.5. The fourth-order valence-electron chi connectivity index (χ4n) is 3.13. The predicted octanol–water partition coefficient (Wildman–Crippen LogP) is 5.29. The number of hydrogen-bond donors (Lipinski definition) is 2. The van der Waals surface area contributed by atoms with Gasteiger partial charge in [0.15, 0.2) is 0 Å². The lowest BCUT2D eigenvalue weighted by Gasteiger charge is -2.14. The lowest BCUT2D eigenvalue weighted by Crippen LogP contribution is -2.15. The Morgan fingerprint density at radius 3 is 2.65 bits per heavy atom. The third kappa shape index (κ3) is 7.05. The molecule has 2 N–H and O–H groups in total. The van der Waals surface area contributed by atoms with E-state index in [1.54, 1.807) is 12.1 Å². The predicted molar refractivity (Wildman–Crippen MR) is 126 cm³/mol. The number of unbranched alkanes of at least 4 members (excludes halogenated alkanes) is 1. The van der Waals surface area contributed by atoms with Gasteiger partial charge in [-0.1, -0.05) is 28.0 Å². The fraction of sp³-hybridized carbons (Fsp3) is 0.381. The first-order valence-electron chi connectivity index (χ1n) is 9.92. The van der Waals surface area contributed by atoms with Crippen LogP contribution < -0.4 is 14.8 Å². The first-order chi connectivity index (χ1) is 14.9. The van der Waals surface area contributed by atoms with Crippen LogP contribution in [0, 0.1) is 5.82 Å². The van der Waals surface area contributed by atoms with Gasteiger partial charge in [0.25, 0.3) is 10.0 Å². The normalized spacial score (nSPS) is 16.1. The summed E-state index contributed by atoms with van der Waals surface area (Å²) >= 11 is 0. The Hall–Kier alpha value is -1.91. The van der Waals surface area contributed by atoms with Crippen LogP contribution in [0.25, 0.3) is 0 Å². The smallest absolute Gasteiger partial charge is 0.262 e. The lowest BCUT2D eigenvalue weighted by molar-refractivity contribution is -0.116. The second-order valence-corrected chi connectivity index (χ2v) is 11.6. The van der Waals surface area contributed by atoms with Crippen molar-refractivity contribution in [3.63, 3.8) is 0 Å². The molecule has 10 heteroatoms. The van der Waals surface area contributed by atoms with Crippen LogP contribution in [0.3, 0.4) is 0 Å². The first-order valence-corrected chi connectivity index (χ1v) is 13.8. The molecule has 1 amide bonds. The Labute approximate surface area is 190 Å². The summed E-state index contributed by atoms with van der Waals surface area (Å²) in [5, 5.41) is 3.51. The Balaban J connectivity index is 1.60. The van der Waals surface area contributed by atoms with Gasteiger partial charge in [-0.3, -0.25) is 9.52 Å². The molecule has 1 unspecified atom stereocenters. The number of halogens is 1. The van der Waals surface area contributed by atoms with Gasteiger partial charge in [0.1, 0.15) is 11.6 Å². The number of carbonyl (C=O) groups is 1. The van der Waals surface area contributed by atoms with Crippen molar-refractivity contribution in [2.75, 3.05) is 22.9 Å². The number of amides is 1. The van der Waals surface area contributed by atoms with Crippen LogP contribution in [0.5, 0.6) is 5.75 Å². The van der Waals surface area contributed by atoms with Gasteiger partial charge in [0.05, 0.1) is 17.7 Å². The highest BCUT2D eigenvalue weighted by Gasteiger charge is 2.18. The molecular formula is C21H25FN2O4S3. The molecule has 0 bridgehead atoms. The molecule has 6 nitrogen and oxygen atoms in total. The summed E-state index contributed by atoms with van der Waals surface area (Å²) in [6, 6.07) is 9.24. The molecule has 168 valence electrons. The number of carbonyl (C=O) groups excluding carboxylic acids is 1. The number of anilines is 2. The number of rotatable bonds is 10. The monoisotopic (exact) mass is 484 g/mol. The summed E-state index contributed by atoms with van der Waals surface area (Å²) in [6.45, 7) is 0. The Kier molecular flexibility index (Phi) is 8.50. The highest BCUT2D eigenvalue weighted by Crippen LogP contribution is 2.40. The molecule has 2 aromatic carbocycles. The van der Waals surface area contributed by atoms with Crippen molar-refractivity contribution in [3.8, 4) is 5.75 Å². The molecule has 31 heavy (non-hydrogen) atoms. The minimum atomic E-state index is -3.95. The minimum Gasteiger partial charge on any atom is -0.495 e. The van der Waals surface area contributed by atoms with Crippen LogP contribution in [0.1, 0.15) is 32.1 Å². The molecule has 1 aliphatic rings. The van der Waals surface area contributed by atoms with Gasteiger partial charge in [0.2, 0.25) is 5.91 Å². The van der Waals surface area contributed by atoms with Gasteiger partial charge in [-0.15, -0.1) is 0 Å². The van der Waals surface area contributed by atoms with E-state index < -0.39 is 15.8 Å². The van der Waals surface area contributed by atoms with E-state index in [9.17, 15) is 17.6 Å². The molecule has 0 aliphatic carbocycles. The van der Waals surface area contributed by atoms with Crippen molar-refractivity contribution in [2.24, 2.45) is 0 Å². The van der Waals surface area contributed by atoms with E-state index in [0.29, 0.717) is 23.1 Å². The van der Waals surface area contributed by atoms with E-state index in [0.717, 1.165) is 31.4 Å². The van der Waals surface area contributed by atoms with Gasteiger partial charge < -0.3 is 10.1 Å². The molecular weight excluding hydrogens is 459 g/mol. The lowest BCUT2D eigenvalue weighted by atomic mass is 10.1. The van der Waals surface area contributed by atoms with Gasteiger partial charge in [-0.2, -0.15) is 0 Å². The van der Waals surface area contributed by atoms with Crippen LogP contribution in [0.4, 0.5) is 15.8 Å². The molecule has 1 saturated heterocycles. The summed E-state index contributed by atoms with van der Waals surface area (Å²) < 4.78 is 46.0. The van der Waals surface area contributed by atoms with Gasteiger partial charge in [-0.25, -0.2) is 12.8 Å². The molecule has 1 fully saturated rings. The molecule has 0 aromatic heterocycles. The maximum absolute atomic E-state index is 13.1. The summed E-state index contributed by atoms with van der Waals surface area (Å²) in [7, 11) is 1.33. The van der Waals surface area contributed by atoms with Crippen LogP contribution >= 0.6 is 21.6 Å². The molecule has 2 aromatic rings. The second kappa shape index (κ2) is 11.1. The van der Waals surface area contributed by atoms with Crippen LogP contribution in [-0.4, -0.2) is 32.4 Å². The van der Waals surface area contributed by atoms with Crippen molar-refractivity contribution in [3.05, 3.63) is 48.3 Å². The minimum absolute atomic E-state index is 0.0794. The molecule has 0 saturated carbocycles. The van der Waals surface area contributed by atoms with Gasteiger partial charge >= 0.3 is 0 Å². The van der Waals surface area contributed by atoms with E-state index in [1.165, 1.54) is 37.5 Å². The Morgan fingerprint density at radius 1 is 1.19 bits per heavy atom. The van der Waals surface area contributed by atoms with Crippen LogP contribution in [0.15, 0.2) is 47.4 Å². The van der Waals surface area contributed by atoms with E-state index in [1.807, 2.05) is 21.6 Å². The molecule has 1 heterocycles. The van der Waals surface area contributed by atoms with E-state index >= 15 is 0 Å². The third-order valence-corrected chi connectivity index (χ3v) is 9.15. The van der Waals surface area contributed by atoms with Crippen LogP contribution in [0.2, 0.25) is 0 Å². The quantitative estimate of drug-likeness (QED) is 0.352. The number of ether oxygens (including phenoxy) is 1. The van der Waals surface area contributed by atoms with Crippen LogP contribution in [-0.2, 0) is 14.8 Å². The topological polar surface area (TPSA) is 84.5 Å². The highest BCUT2D eigenvalue weighted by atomic mass is 33.1. The zero-order valence-electron chi connectivity index (χ0n) is 17.1. The van der Waals surface area contributed by atoms with E-state index in [4.69, 9.17) is 4.74 Å². The molecule has 0 radical (unpaired) electrons. The van der Waals surface area contributed by atoms with Crippen molar-refractivity contribution >= 4 is 48.9 Å². The SMILES string of the molecule is COc1ccc(NC(=O)CCCCC2CCSS2)cc1NS(=O)(=O)c1ccc(F)cc1. The average Bonchev–Trinajstić information content (AvgIpc) is 3.25. The van der Waals surface area contributed by atoms with Gasteiger partial charge in [-0.05, 0) is 61.7 Å². The number of benzene rings is 2. The number of sulfonamides is 1. The fourth-order valence-corrected chi connectivity index (χ4v) is 7.22. The molecule has 1 atom stereocenters. The van der Waals surface area contributed by atoms with Crippen molar-refractivity contribution in [2.45, 2.75) is 42.2 Å². The summed E-state index contributed by atoms with van der Waals surface area (Å²) in [4.78, 5) is 12.2. The highest BCUT2D eigenvalue weighted by molar-refractivity contribution is 8.77. The summed E-state index contributed by atoms with van der Waals surface area (Å²) in [5.41, 5.74) is 0.644. The number of hydrogen-bond acceptors (Lipinski definition) is 6. The first kappa shape index (κ1) is 23.7. The Bertz CT molecular complexity index is 994. The van der Waals surface area contributed by atoms with Crippen molar-refractivity contribution in [1.29, 1.82) is 0 Å². The number of nitrogens with one attached hydrogen (secondary N) is 2. The van der Waals surface area contributed by atoms with E-state index in [-0.39, 0.29) is 16.5 Å². The van der Waals surface area contributed by atoms with Crippen molar-refractivity contribution < 1.29 is 22.3 Å². The second-order valence-electron chi connectivity index (χ2n) is 7.10. The largest absolute Gasteiger partial charge is 0.495 e. The van der Waals surface area contributed by atoms with Crippen molar-refractivity contribution in [1.82, 2.24) is 0 Å². The summed E-state index contributed by atoms with van der Waals surface area (Å²) in [6.07, 6.45) is 4.60. The molecule has 1 aliphatic heterocycles. The standard InChI is InChI=1S/C21H25FN2O4S3/c1-28-20-11-8-16(23-21(25)5-3-2-4-17-12-13-29-30-17)14-19(20)24-31(26,27)18-9-6-15(22)7-10-18/h6-11,14,17,24H,2-5,12-13H2,1H3,(H,23,25). The zero-order chi connectivity index (χ0) is 22.3. The van der Waals surface area contributed by atoms with E-state index in [2.05, 4.69) is 10.0 Å². The molecule has 0 spiro atoms.